The first kappa shape index (κ1) is 17.5. The molecule has 1 aliphatic rings. The van der Waals surface area contributed by atoms with Gasteiger partial charge in [0.25, 0.3) is 18.1 Å². The largest absolute Gasteiger partial charge is 0.368 e. The number of ether oxygens (including phenoxy) is 1. The van der Waals surface area contributed by atoms with Crippen molar-refractivity contribution in [1.82, 2.24) is 24.5 Å². The minimum Gasteiger partial charge on any atom is -0.368 e. The Morgan fingerprint density at radius 1 is 1.30 bits per heavy atom. The first-order valence-corrected chi connectivity index (χ1v) is 8.49. The van der Waals surface area contributed by atoms with E-state index in [1.807, 2.05) is 13.0 Å². The molecule has 1 unspecified atom stereocenters. The highest BCUT2D eigenvalue weighted by molar-refractivity contribution is 5.94. The highest BCUT2D eigenvalue weighted by Crippen LogP contribution is 2.25. The van der Waals surface area contributed by atoms with Gasteiger partial charge in [-0.05, 0) is 25.1 Å². The maximum atomic E-state index is 12.8. The number of fused-ring (bicyclic) bond motifs is 1. The standard InChI is InChI=1S/C18H17F2N5O2/c1-11-8-14(25-18(23-11)21-10-22-25)15-9-24(6-7-27-15)17(26)13-4-2-12(3-5-13)16(19)20/h2-5,8,10,15-16H,6-7,9H2,1H3. The molecule has 1 aromatic carbocycles. The number of aryl methyl sites for hydroxylation is 1. The summed E-state index contributed by atoms with van der Waals surface area (Å²) in [4.78, 5) is 22.8. The summed E-state index contributed by atoms with van der Waals surface area (Å²) in [6, 6.07) is 7.28. The summed E-state index contributed by atoms with van der Waals surface area (Å²) >= 11 is 0. The van der Waals surface area contributed by atoms with Crippen molar-refractivity contribution in [3.8, 4) is 0 Å². The Bertz CT molecular complexity index is 974. The van der Waals surface area contributed by atoms with Crippen LogP contribution in [-0.2, 0) is 4.74 Å². The highest BCUT2D eigenvalue weighted by atomic mass is 19.3. The minimum absolute atomic E-state index is 0.104. The number of hydrogen-bond acceptors (Lipinski definition) is 5. The van der Waals surface area contributed by atoms with Crippen molar-refractivity contribution in [1.29, 1.82) is 0 Å². The van der Waals surface area contributed by atoms with E-state index in [1.54, 1.807) is 9.42 Å². The normalized spacial score (nSPS) is 17.6. The molecule has 0 radical (unpaired) electrons. The van der Waals surface area contributed by atoms with Gasteiger partial charge in [-0.2, -0.15) is 14.6 Å². The maximum Gasteiger partial charge on any atom is 0.263 e. The molecule has 27 heavy (non-hydrogen) atoms. The molecule has 1 fully saturated rings. The Labute approximate surface area is 153 Å². The molecule has 4 rings (SSSR count). The minimum atomic E-state index is -2.55. The fraction of sp³-hybridized carbons (Fsp3) is 0.333. The average molecular weight is 373 g/mol. The summed E-state index contributed by atoms with van der Waals surface area (Å²) in [6.07, 6.45) is -1.52. The predicted molar refractivity (Wildman–Crippen MR) is 91.5 cm³/mol. The van der Waals surface area contributed by atoms with Crippen LogP contribution in [0.15, 0.2) is 36.7 Å². The third kappa shape index (κ3) is 3.37. The lowest BCUT2D eigenvalue weighted by atomic mass is 10.1. The third-order valence-electron chi connectivity index (χ3n) is 4.50. The SMILES string of the molecule is Cc1cc(C2CN(C(=O)c3ccc(C(F)F)cc3)CCO2)n2ncnc2n1. The Hall–Kier alpha value is -2.94. The van der Waals surface area contributed by atoms with Crippen LogP contribution in [0.4, 0.5) is 8.78 Å². The van der Waals surface area contributed by atoms with E-state index in [0.717, 1.165) is 11.4 Å². The van der Waals surface area contributed by atoms with Gasteiger partial charge in [0.05, 0.1) is 18.8 Å². The lowest BCUT2D eigenvalue weighted by Gasteiger charge is -2.33. The molecule has 140 valence electrons. The van der Waals surface area contributed by atoms with Crippen LogP contribution >= 0.6 is 0 Å². The Morgan fingerprint density at radius 2 is 2.07 bits per heavy atom. The van der Waals surface area contributed by atoms with Crippen molar-refractivity contribution < 1.29 is 18.3 Å². The van der Waals surface area contributed by atoms with Crippen LogP contribution in [0.5, 0.6) is 0 Å². The number of carbonyl (C=O) groups is 1. The molecule has 0 aliphatic carbocycles. The van der Waals surface area contributed by atoms with E-state index in [4.69, 9.17) is 4.74 Å². The number of amides is 1. The Morgan fingerprint density at radius 3 is 2.81 bits per heavy atom. The average Bonchev–Trinajstić information content (AvgIpc) is 3.15. The molecule has 3 heterocycles. The van der Waals surface area contributed by atoms with Crippen molar-refractivity contribution in [2.45, 2.75) is 19.5 Å². The summed E-state index contributed by atoms with van der Waals surface area (Å²) in [5, 5.41) is 4.18. The van der Waals surface area contributed by atoms with Crippen LogP contribution in [0, 0.1) is 6.92 Å². The molecule has 3 aromatic rings. The number of morpholine rings is 1. The molecule has 0 saturated carbocycles. The van der Waals surface area contributed by atoms with E-state index in [0.29, 0.717) is 31.0 Å². The summed E-state index contributed by atoms with van der Waals surface area (Å²) < 4.78 is 32.8. The zero-order valence-electron chi connectivity index (χ0n) is 14.5. The molecule has 0 spiro atoms. The molecule has 0 bridgehead atoms. The number of carbonyl (C=O) groups excluding carboxylic acids is 1. The van der Waals surface area contributed by atoms with Gasteiger partial charge in [0.15, 0.2) is 0 Å². The molecule has 7 nitrogen and oxygen atoms in total. The van der Waals surface area contributed by atoms with Crippen LogP contribution in [0.2, 0.25) is 0 Å². The van der Waals surface area contributed by atoms with Crippen LogP contribution in [0.1, 0.15) is 39.8 Å². The van der Waals surface area contributed by atoms with E-state index in [1.165, 1.54) is 30.6 Å². The zero-order chi connectivity index (χ0) is 19.0. The van der Waals surface area contributed by atoms with E-state index < -0.39 is 6.43 Å². The Balaban J connectivity index is 1.57. The maximum absolute atomic E-state index is 12.8. The number of alkyl halides is 2. The molecule has 1 atom stereocenters. The summed E-state index contributed by atoms with van der Waals surface area (Å²) in [5.41, 5.74) is 1.81. The van der Waals surface area contributed by atoms with Crippen LogP contribution < -0.4 is 0 Å². The van der Waals surface area contributed by atoms with E-state index in [2.05, 4.69) is 15.1 Å². The molecule has 1 amide bonds. The van der Waals surface area contributed by atoms with Crippen molar-refractivity contribution >= 4 is 11.7 Å². The van der Waals surface area contributed by atoms with Gasteiger partial charge in [-0.3, -0.25) is 4.79 Å². The summed E-state index contributed by atoms with van der Waals surface area (Å²) in [5.74, 6) is 0.254. The Kier molecular flexibility index (Phi) is 4.53. The summed E-state index contributed by atoms with van der Waals surface area (Å²) in [7, 11) is 0. The molecule has 9 heteroatoms. The third-order valence-corrected chi connectivity index (χ3v) is 4.50. The number of benzene rings is 1. The van der Waals surface area contributed by atoms with Gasteiger partial charge >= 0.3 is 0 Å². The second-order valence-electron chi connectivity index (χ2n) is 6.33. The molecular weight excluding hydrogens is 356 g/mol. The molecule has 1 saturated heterocycles. The first-order chi connectivity index (χ1) is 13.0. The number of hydrogen-bond donors (Lipinski definition) is 0. The van der Waals surface area contributed by atoms with Gasteiger partial charge in [0.1, 0.15) is 12.4 Å². The van der Waals surface area contributed by atoms with E-state index in [9.17, 15) is 13.6 Å². The number of rotatable bonds is 3. The number of aromatic nitrogens is 4. The van der Waals surface area contributed by atoms with Crippen molar-refractivity contribution in [2.75, 3.05) is 19.7 Å². The van der Waals surface area contributed by atoms with Gasteiger partial charge in [0.2, 0.25) is 0 Å². The van der Waals surface area contributed by atoms with Crippen molar-refractivity contribution in [2.24, 2.45) is 0 Å². The van der Waals surface area contributed by atoms with Crippen LogP contribution in [0.3, 0.4) is 0 Å². The van der Waals surface area contributed by atoms with Gasteiger partial charge in [0, 0.05) is 23.4 Å². The van der Waals surface area contributed by atoms with Gasteiger partial charge in [-0.15, -0.1) is 0 Å². The van der Waals surface area contributed by atoms with E-state index in [-0.39, 0.29) is 17.6 Å². The van der Waals surface area contributed by atoms with Gasteiger partial charge in [-0.25, -0.2) is 13.8 Å². The fourth-order valence-electron chi connectivity index (χ4n) is 3.15. The number of nitrogens with zero attached hydrogens (tertiary/aromatic N) is 5. The highest BCUT2D eigenvalue weighted by Gasteiger charge is 2.28. The van der Waals surface area contributed by atoms with E-state index >= 15 is 0 Å². The monoisotopic (exact) mass is 373 g/mol. The van der Waals surface area contributed by atoms with Crippen LogP contribution in [-0.4, -0.2) is 50.1 Å². The summed E-state index contributed by atoms with van der Waals surface area (Å²) in [6.45, 7) is 2.97. The van der Waals surface area contributed by atoms with Gasteiger partial charge < -0.3 is 9.64 Å². The molecule has 0 N–H and O–H groups in total. The van der Waals surface area contributed by atoms with Crippen molar-refractivity contribution in [3.05, 3.63) is 59.2 Å². The quantitative estimate of drug-likeness (QED) is 0.706. The first-order valence-electron chi connectivity index (χ1n) is 8.49. The van der Waals surface area contributed by atoms with Gasteiger partial charge in [-0.1, -0.05) is 12.1 Å². The lowest BCUT2D eigenvalue weighted by Crippen LogP contribution is -2.42. The smallest absolute Gasteiger partial charge is 0.263 e. The zero-order valence-corrected chi connectivity index (χ0v) is 14.5. The lowest BCUT2D eigenvalue weighted by molar-refractivity contribution is -0.0257. The molecule has 1 aliphatic heterocycles. The molecular formula is C18H17F2N5O2. The fourth-order valence-corrected chi connectivity index (χ4v) is 3.15. The second kappa shape index (κ2) is 6.99. The topological polar surface area (TPSA) is 72.6 Å². The van der Waals surface area contributed by atoms with Crippen molar-refractivity contribution in [3.63, 3.8) is 0 Å². The second-order valence-corrected chi connectivity index (χ2v) is 6.33. The molecule has 2 aromatic heterocycles. The van der Waals surface area contributed by atoms with Crippen LogP contribution in [0.25, 0.3) is 5.78 Å². The predicted octanol–water partition coefficient (Wildman–Crippen LogP) is 2.58. The number of halogens is 2.